The van der Waals surface area contributed by atoms with E-state index in [2.05, 4.69) is 34.9 Å². The molecule has 0 saturated carbocycles. The van der Waals surface area contributed by atoms with Crippen LogP contribution in [0.5, 0.6) is 0 Å². The SMILES string of the molecule is CC(C)(C)[C@@H](NC(=O)[C@@H]1CO[C@H](CNC(=O)OCC2c3ccccc3-c3ccccc32)C1)C(=O)O. The van der Waals surface area contributed by atoms with Gasteiger partial charge in [-0.2, -0.15) is 0 Å². The van der Waals surface area contributed by atoms with Crippen molar-refractivity contribution in [2.45, 2.75) is 45.3 Å². The van der Waals surface area contributed by atoms with Crippen LogP contribution in [0.3, 0.4) is 0 Å². The Morgan fingerprint density at radius 3 is 2.23 bits per heavy atom. The maximum Gasteiger partial charge on any atom is 0.407 e. The fourth-order valence-corrected chi connectivity index (χ4v) is 4.79. The van der Waals surface area contributed by atoms with Crippen molar-refractivity contribution in [3.8, 4) is 11.1 Å². The molecule has 1 saturated heterocycles. The second-order valence-electron chi connectivity index (χ2n) is 10.2. The third-order valence-electron chi connectivity index (χ3n) is 6.67. The second kappa shape index (κ2) is 10.1. The van der Waals surface area contributed by atoms with E-state index in [0.29, 0.717) is 6.42 Å². The molecule has 4 rings (SSSR count). The van der Waals surface area contributed by atoms with Gasteiger partial charge in [-0.15, -0.1) is 0 Å². The molecule has 8 nitrogen and oxygen atoms in total. The highest BCUT2D eigenvalue weighted by Crippen LogP contribution is 2.44. The molecule has 0 spiro atoms. The molecule has 2 amide bonds. The monoisotopic (exact) mass is 480 g/mol. The normalized spacial score (nSPS) is 20.0. The number of alkyl carbamates (subject to hydrolysis) is 1. The van der Waals surface area contributed by atoms with Crippen molar-refractivity contribution in [2.24, 2.45) is 11.3 Å². The van der Waals surface area contributed by atoms with Crippen LogP contribution in [0.4, 0.5) is 4.79 Å². The lowest BCUT2D eigenvalue weighted by Crippen LogP contribution is -2.50. The van der Waals surface area contributed by atoms with Crippen molar-refractivity contribution >= 4 is 18.0 Å². The van der Waals surface area contributed by atoms with Gasteiger partial charge in [0.15, 0.2) is 0 Å². The number of benzene rings is 2. The minimum absolute atomic E-state index is 0.0195. The van der Waals surface area contributed by atoms with Gasteiger partial charge in [-0.05, 0) is 34.1 Å². The highest BCUT2D eigenvalue weighted by Gasteiger charge is 2.37. The molecule has 0 aromatic heterocycles. The summed E-state index contributed by atoms with van der Waals surface area (Å²) in [5.74, 6) is -1.91. The molecule has 8 heteroatoms. The van der Waals surface area contributed by atoms with Crippen molar-refractivity contribution in [1.82, 2.24) is 10.6 Å². The van der Waals surface area contributed by atoms with Crippen LogP contribution in [-0.2, 0) is 19.1 Å². The number of carbonyl (C=O) groups excluding carboxylic acids is 2. The van der Waals surface area contributed by atoms with Crippen molar-refractivity contribution in [1.29, 1.82) is 0 Å². The highest BCUT2D eigenvalue weighted by molar-refractivity contribution is 5.85. The molecule has 186 valence electrons. The fourth-order valence-electron chi connectivity index (χ4n) is 4.79. The van der Waals surface area contributed by atoms with E-state index in [-0.39, 0.29) is 37.7 Å². The van der Waals surface area contributed by atoms with Gasteiger partial charge < -0.3 is 25.2 Å². The average Bonchev–Trinajstić information content (AvgIpc) is 3.42. The van der Waals surface area contributed by atoms with Crippen LogP contribution in [-0.4, -0.2) is 55.0 Å². The molecule has 1 aliphatic carbocycles. The number of hydrogen-bond acceptors (Lipinski definition) is 5. The summed E-state index contributed by atoms with van der Waals surface area (Å²) >= 11 is 0. The number of carbonyl (C=O) groups is 3. The lowest BCUT2D eigenvalue weighted by atomic mass is 9.86. The number of nitrogens with one attached hydrogen (secondary N) is 2. The zero-order valence-corrected chi connectivity index (χ0v) is 20.2. The fraction of sp³-hybridized carbons (Fsp3) is 0.444. The van der Waals surface area contributed by atoms with Crippen LogP contribution < -0.4 is 10.6 Å². The van der Waals surface area contributed by atoms with Gasteiger partial charge >= 0.3 is 12.1 Å². The van der Waals surface area contributed by atoms with Gasteiger partial charge in [0.2, 0.25) is 5.91 Å². The summed E-state index contributed by atoms with van der Waals surface area (Å²) in [5.41, 5.74) is 4.00. The summed E-state index contributed by atoms with van der Waals surface area (Å²) in [4.78, 5) is 36.5. The van der Waals surface area contributed by atoms with Gasteiger partial charge in [-0.3, -0.25) is 4.79 Å². The molecular formula is C27H32N2O6. The Hall–Kier alpha value is -3.39. The van der Waals surface area contributed by atoms with Crippen LogP contribution in [0.15, 0.2) is 48.5 Å². The standard InChI is InChI=1S/C27H32N2O6/c1-27(2,3)23(25(31)32)29-24(30)16-12-17(34-14-16)13-28-26(33)35-15-22-20-10-6-4-8-18(20)19-9-5-7-11-21(19)22/h4-11,16-17,22-23H,12-15H2,1-3H3,(H,28,33)(H,29,30)(H,31,32)/t16-,17-,23-/m0/s1. The maximum atomic E-state index is 12.6. The quantitative estimate of drug-likeness (QED) is 0.559. The molecule has 0 radical (unpaired) electrons. The number of amides is 2. The summed E-state index contributed by atoms with van der Waals surface area (Å²) in [6.45, 7) is 5.90. The molecule has 2 aliphatic rings. The number of ether oxygens (including phenoxy) is 2. The van der Waals surface area contributed by atoms with Crippen LogP contribution in [0.2, 0.25) is 0 Å². The Morgan fingerprint density at radius 2 is 1.66 bits per heavy atom. The minimum atomic E-state index is -1.07. The Morgan fingerprint density at radius 1 is 1.06 bits per heavy atom. The molecule has 3 atom stereocenters. The lowest BCUT2D eigenvalue weighted by molar-refractivity contribution is -0.145. The molecule has 35 heavy (non-hydrogen) atoms. The predicted molar refractivity (Wildman–Crippen MR) is 130 cm³/mol. The minimum Gasteiger partial charge on any atom is -0.480 e. The first-order valence-corrected chi connectivity index (χ1v) is 11.9. The lowest BCUT2D eigenvalue weighted by Gasteiger charge is -2.28. The largest absolute Gasteiger partial charge is 0.480 e. The van der Waals surface area contributed by atoms with E-state index in [9.17, 15) is 19.5 Å². The van der Waals surface area contributed by atoms with Crippen molar-refractivity contribution in [2.75, 3.05) is 19.8 Å². The predicted octanol–water partition coefficient (Wildman–Crippen LogP) is 3.55. The zero-order valence-electron chi connectivity index (χ0n) is 20.2. The summed E-state index contributed by atoms with van der Waals surface area (Å²) in [6.07, 6.45) is -0.488. The first-order valence-electron chi connectivity index (χ1n) is 11.9. The van der Waals surface area contributed by atoms with Crippen LogP contribution in [0.1, 0.15) is 44.2 Å². The van der Waals surface area contributed by atoms with Crippen molar-refractivity contribution in [3.05, 3.63) is 59.7 Å². The smallest absolute Gasteiger partial charge is 0.407 e. The molecule has 0 bridgehead atoms. The van der Waals surface area contributed by atoms with E-state index in [1.165, 1.54) is 0 Å². The first-order chi connectivity index (χ1) is 16.6. The van der Waals surface area contributed by atoms with E-state index in [4.69, 9.17) is 9.47 Å². The van der Waals surface area contributed by atoms with Gasteiger partial charge in [-0.25, -0.2) is 9.59 Å². The van der Waals surface area contributed by atoms with Crippen molar-refractivity contribution < 1.29 is 29.0 Å². The average molecular weight is 481 g/mol. The van der Waals surface area contributed by atoms with Crippen LogP contribution in [0, 0.1) is 11.3 Å². The van der Waals surface area contributed by atoms with E-state index >= 15 is 0 Å². The number of hydrogen-bond donors (Lipinski definition) is 3. The Balaban J connectivity index is 1.25. The Kier molecular flexibility index (Phi) is 7.12. The van der Waals surface area contributed by atoms with Gasteiger partial charge in [0.05, 0.1) is 18.6 Å². The topological polar surface area (TPSA) is 114 Å². The number of aliphatic carboxylic acids is 1. The molecule has 2 aromatic rings. The number of carboxylic acids is 1. The first kappa shape index (κ1) is 24.7. The van der Waals surface area contributed by atoms with E-state index in [0.717, 1.165) is 22.3 Å². The molecule has 1 aliphatic heterocycles. The third-order valence-corrected chi connectivity index (χ3v) is 6.67. The van der Waals surface area contributed by atoms with E-state index in [1.807, 2.05) is 24.3 Å². The molecule has 1 heterocycles. The summed E-state index contributed by atoms with van der Waals surface area (Å²) < 4.78 is 11.2. The molecule has 3 N–H and O–H groups in total. The van der Waals surface area contributed by atoms with Crippen molar-refractivity contribution in [3.63, 3.8) is 0 Å². The Bertz CT molecular complexity index is 1060. The van der Waals surface area contributed by atoms with Crippen LogP contribution >= 0.6 is 0 Å². The summed E-state index contributed by atoms with van der Waals surface area (Å²) in [7, 11) is 0. The Labute approximate surface area is 205 Å². The van der Waals surface area contributed by atoms with Crippen LogP contribution in [0.25, 0.3) is 11.1 Å². The molecular weight excluding hydrogens is 448 g/mol. The van der Waals surface area contributed by atoms with E-state index < -0.39 is 29.4 Å². The summed E-state index contributed by atoms with van der Waals surface area (Å²) in [5, 5.41) is 14.8. The van der Waals surface area contributed by atoms with Gasteiger partial charge in [-0.1, -0.05) is 69.3 Å². The number of fused-ring (bicyclic) bond motifs is 3. The highest BCUT2D eigenvalue weighted by atomic mass is 16.5. The summed E-state index contributed by atoms with van der Waals surface area (Å²) in [6, 6.07) is 15.3. The van der Waals surface area contributed by atoms with E-state index in [1.54, 1.807) is 20.8 Å². The molecule has 1 fully saturated rings. The molecule has 2 aromatic carbocycles. The molecule has 0 unspecified atom stereocenters. The third kappa shape index (κ3) is 5.48. The zero-order chi connectivity index (χ0) is 25.2. The maximum absolute atomic E-state index is 12.6. The van der Waals surface area contributed by atoms with Gasteiger partial charge in [0.25, 0.3) is 0 Å². The van der Waals surface area contributed by atoms with Gasteiger partial charge in [0, 0.05) is 12.5 Å². The second-order valence-corrected chi connectivity index (χ2v) is 10.2. The number of rotatable bonds is 7. The number of carboxylic acid groups (broad SMARTS) is 1. The van der Waals surface area contributed by atoms with Gasteiger partial charge in [0.1, 0.15) is 12.6 Å².